The van der Waals surface area contributed by atoms with Crippen molar-refractivity contribution in [2.75, 3.05) is 32.7 Å². The molecule has 1 saturated heterocycles. The van der Waals surface area contributed by atoms with Gasteiger partial charge in [0.2, 0.25) is 0 Å². The SMILES string of the molecule is CC(C(=O)O)N1CCN(CCC(C)(C)C)CC1. The molecule has 0 aliphatic carbocycles. The molecule has 0 saturated carbocycles. The van der Waals surface area contributed by atoms with Crippen LogP contribution in [0.25, 0.3) is 0 Å². The molecule has 1 fully saturated rings. The number of rotatable bonds is 4. The van der Waals surface area contributed by atoms with E-state index in [2.05, 4.69) is 30.6 Å². The van der Waals surface area contributed by atoms with Gasteiger partial charge in [-0.1, -0.05) is 20.8 Å². The second-order valence-electron chi connectivity index (χ2n) is 6.20. The summed E-state index contributed by atoms with van der Waals surface area (Å²) in [4.78, 5) is 15.4. The maximum Gasteiger partial charge on any atom is 0.320 e. The quantitative estimate of drug-likeness (QED) is 0.811. The predicted octanol–water partition coefficient (Wildman–Crippen LogP) is 1.51. The molecule has 1 unspecified atom stereocenters. The van der Waals surface area contributed by atoms with Crippen molar-refractivity contribution >= 4 is 5.97 Å². The first-order valence-corrected chi connectivity index (χ1v) is 6.49. The second-order valence-corrected chi connectivity index (χ2v) is 6.20. The lowest BCUT2D eigenvalue weighted by molar-refractivity contribution is -0.143. The lowest BCUT2D eigenvalue weighted by Crippen LogP contribution is -2.52. The fourth-order valence-corrected chi connectivity index (χ4v) is 2.02. The van der Waals surface area contributed by atoms with Crippen LogP contribution in [0.15, 0.2) is 0 Å². The minimum atomic E-state index is -0.715. The summed E-state index contributed by atoms with van der Waals surface area (Å²) < 4.78 is 0. The van der Waals surface area contributed by atoms with Gasteiger partial charge in [-0.15, -0.1) is 0 Å². The van der Waals surface area contributed by atoms with E-state index in [1.807, 2.05) is 0 Å². The van der Waals surface area contributed by atoms with Gasteiger partial charge in [0.05, 0.1) is 0 Å². The van der Waals surface area contributed by atoms with E-state index in [0.717, 1.165) is 32.7 Å². The van der Waals surface area contributed by atoms with Crippen LogP contribution in [0.4, 0.5) is 0 Å². The van der Waals surface area contributed by atoms with Gasteiger partial charge in [0.1, 0.15) is 6.04 Å². The van der Waals surface area contributed by atoms with Crippen LogP contribution < -0.4 is 0 Å². The summed E-state index contributed by atoms with van der Waals surface area (Å²) in [5.41, 5.74) is 0.380. The van der Waals surface area contributed by atoms with Crippen molar-refractivity contribution in [2.24, 2.45) is 5.41 Å². The number of carbonyl (C=O) groups is 1. The van der Waals surface area contributed by atoms with E-state index in [1.165, 1.54) is 6.42 Å². The third-order valence-electron chi connectivity index (χ3n) is 3.49. The van der Waals surface area contributed by atoms with Crippen molar-refractivity contribution in [1.29, 1.82) is 0 Å². The van der Waals surface area contributed by atoms with Crippen molar-refractivity contribution in [3.8, 4) is 0 Å². The van der Waals surface area contributed by atoms with E-state index in [1.54, 1.807) is 6.92 Å². The summed E-state index contributed by atoms with van der Waals surface area (Å²) in [6, 6.07) is -0.347. The molecule has 1 aliphatic heterocycles. The Morgan fingerprint density at radius 3 is 2.18 bits per heavy atom. The fourth-order valence-electron chi connectivity index (χ4n) is 2.02. The highest BCUT2D eigenvalue weighted by molar-refractivity contribution is 5.72. The third kappa shape index (κ3) is 5.04. The monoisotopic (exact) mass is 242 g/mol. The molecule has 17 heavy (non-hydrogen) atoms. The molecule has 0 aromatic heterocycles. The van der Waals surface area contributed by atoms with Gasteiger partial charge in [-0.05, 0) is 25.3 Å². The Bertz CT molecular complexity index is 253. The molecule has 1 heterocycles. The lowest BCUT2D eigenvalue weighted by Gasteiger charge is -2.37. The number of carboxylic acid groups (broad SMARTS) is 1. The van der Waals surface area contributed by atoms with E-state index in [4.69, 9.17) is 5.11 Å². The van der Waals surface area contributed by atoms with Crippen molar-refractivity contribution in [2.45, 2.75) is 40.2 Å². The Morgan fingerprint density at radius 1 is 1.24 bits per heavy atom. The van der Waals surface area contributed by atoms with Crippen LogP contribution >= 0.6 is 0 Å². The number of nitrogens with zero attached hydrogens (tertiary/aromatic N) is 2. The molecule has 0 amide bonds. The van der Waals surface area contributed by atoms with Crippen LogP contribution in [-0.4, -0.2) is 59.6 Å². The third-order valence-corrected chi connectivity index (χ3v) is 3.49. The number of piperazine rings is 1. The van der Waals surface area contributed by atoms with Crippen molar-refractivity contribution in [3.63, 3.8) is 0 Å². The first-order valence-electron chi connectivity index (χ1n) is 6.49. The van der Waals surface area contributed by atoms with E-state index >= 15 is 0 Å². The molecule has 4 heteroatoms. The van der Waals surface area contributed by atoms with E-state index < -0.39 is 5.97 Å². The maximum absolute atomic E-state index is 10.9. The zero-order valence-corrected chi connectivity index (χ0v) is 11.6. The van der Waals surface area contributed by atoms with Crippen LogP contribution in [0.2, 0.25) is 0 Å². The molecule has 0 bridgehead atoms. The molecule has 100 valence electrons. The Balaban J connectivity index is 2.29. The molecule has 1 aliphatic rings. The number of hydrogen-bond acceptors (Lipinski definition) is 3. The van der Waals surface area contributed by atoms with E-state index in [9.17, 15) is 4.79 Å². The number of carboxylic acids is 1. The van der Waals surface area contributed by atoms with Gasteiger partial charge < -0.3 is 10.0 Å². The smallest absolute Gasteiger partial charge is 0.320 e. The van der Waals surface area contributed by atoms with Crippen LogP contribution in [0, 0.1) is 5.41 Å². The molecule has 0 aromatic rings. The Hall–Kier alpha value is -0.610. The highest BCUT2D eigenvalue weighted by Crippen LogP contribution is 2.19. The van der Waals surface area contributed by atoms with Crippen LogP contribution in [0.5, 0.6) is 0 Å². The van der Waals surface area contributed by atoms with E-state index in [0.29, 0.717) is 5.41 Å². The molecular formula is C13H26N2O2. The topological polar surface area (TPSA) is 43.8 Å². The van der Waals surface area contributed by atoms with E-state index in [-0.39, 0.29) is 6.04 Å². The van der Waals surface area contributed by atoms with Crippen molar-refractivity contribution in [3.05, 3.63) is 0 Å². The summed E-state index contributed by atoms with van der Waals surface area (Å²) in [6.07, 6.45) is 1.20. The van der Waals surface area contributed by atoms with Crippen molar-refractivity contribution < 1.29 is 9.90 Å². The Labute approximate surface area is 105 Å². The molecule has 0 spiro atoms. The van der Waals surface area contributed by atoms with Crippen molar-refractivity contribution in [1.82, 2.24) is 9.80 Å². The molecule has 1 atom stereocenters. The summed E-state index contributed by atoms with van der Waals surface area (Å²) >= 11 is 0. The summed E-state index contributed by atoms with van der Waals surface area (Å²) in [6.45, 7) is 13.4. The van der Waals surface area contributed by atoms with Crippen LogP contribution in [-0.2, 0) is 4.79 Å². The van der Waals surface area contributed by atoms with Crippen LogP contribution in [0.3, 0.4) is 0 Å². The van der Waals surface area contributed by atoms with Gasteiger partial charge in [0, 0.05) is 26.2 Å². The molecule has 0 radical (unpaired) electrons. The molecule has 4 nitrogen and oxygen atoms in total. The first kappa shape index (κ1) is 14.5. The van der Waals surface area contributed by atoms with Gasteiger partial charge in [0.25, 0.3) is 0 Å². The lowest BCUT2D eigenvalue weighted by atomic mass is 9.92. The predicted molar refractivity (Wildman–Crippen MR) is 69.2 cm³/mol. The summed E-state index contributed by atoms with van der Waals surface area (Å²) in [5, 5.41) is 8.95. The zero-order chi connectivity index (χ0) is 13.1. The average molecular weight is 242 g/mol. The normalized spacial score (nSPS) is 21.4. The molecular weight excluding hydrogens is 216 g/mol. The highest BCUT2D eigenvalue weighted by atomic mass is 16.4. The minimum absolute atomic E-state index is 0.347. The van der Waals surface area contributed by atoms with Gasteiger partial charge in [0.15, 0.2) is 0 Å². The Kier molecular flexibility index (Phi) is 4.95. The zero-order valence-electron chi connectivity index (χ0n) is 11.6. The summed E-state index contributed by atoms with van der Waals surface area (Å²) in [7, 11) is 0. The second kappa shape index (κ2) is 5.83. The number of aliphatic carboxylic acids is 1. The highest BCUT2D eigenvalue weighted by Gasteiger charge is 2.25. The van der Waals surface area contributed by atoms with Gasteiger partial charge in [-0.3, -0.25) is 9.69 Å². The van der Waals surface area contributed by atoms with Crippen LogP contribution in [0.1, 0.15) is 34.1 Å². The number of hydrogen-bond donors (Lipinski definition) is 1. The van der Waals surface area contributed by atoms with Gasteiger partial charge >= 0.3 is 5.97 Å². The summed E-state index contributed by atoms with van der Waals surface area (Å²) in [5.74, 6) is -0.715. The maximum atomic E-state index is 10.9. The average Bonchev–Trinajstić information content (AvgIpc) is 2.25. The fraction of sp³-hybridized carbons (Fsp3) is 0.923. The first-order chi connectivity index (χ1) is 7.79. The largest absolute Gasteiger partial charge is 0.480 e. The molecule has 1 N–H and O–H groups in total. The Morgan fingerprint density at radius 2 is 1.76 bits per heavy atom. The molecule has 0 aromatic carbocycles. The molecule has 1 rings (SSSR count). The minimum Gasteiger partial charge on any atom is -0.480 e. The standard InChI is InChI=1S/C13H26N2O2/c1-11(12(16)17)15-9-7-14(8-10-15)6-5-13(2,3)4/h11H,5-10H2,1-4H3,(H,16,17). The van der Waals surface area contributed by atoms with Gasteiger partial charge in [-0.2, -0.15) is 0 Å². The van der Waals surface area contributed by atoms with Gasteiger partial charge in [-0.25, -0.2) is 0 Å².